The third-order valence-electron chi connectivity index (χ3n) is 5.08. The van der Waals surface area contributed by atoms with Gasteiger partial charge in [-0.1, -0.05) is 46.0 Å². The molecule has 0 unspecified atom stereocenters. The van der Waals surface area contributed by atoms with E-state index in [1.807, 2.05) is 0 Å². The van der Waals surface area contributed by atoms with E-state index in [0.717, 1.165) is 16.9 Å². The Morgan fingerprint density at radius 2 is 1.80 bits per heavy atom. The van der Waals surface area contributed by atoms with Crippen LogP contribution in [-0.4, -0.2) is 34.1 Å². The number of aliphatic imine (C=N–C) groups is 1. The molecule has 0 atom stereocenters. The van der Waals surface area contributed by atoms with Gasteiger partial charge in [-0.15, -0.1) is 22.7 Å². The molecule has 4 aromatic rings. The smallest absolute Gasteiger partial charge is 0.194 e. The normalized spacial score (nSPS) is 11.7. The monoisotopic (exact) mass is 566 g/mol. The van der Waals surface area contributed by atoms with Crippen molar-refractivity contribution in [3.63, 3.8) is 0 Å². The summed E-state index contributed by atoms with van der Waals surface area (Å²) < 4.78 is 5.00. The molecule has 11 heteroatoms. The highest BCUT2D eigenvalue weighted by molar-refractivity contribution is 7.16. The van der Waals surface area contributed by atoms with E-state index in [2.05, 4.69) is 10.1 Å². The van der Waals surface area contributed by atoms with Crippen LogP contribution in [0.15, 0.2) is 51.3 Å². The summed E-state index contributed by atoms with van der Waals surface area (Å²) in [4.78, 5) is 31.0. The second kappa shape index (κ2) is 11.1. The second-order valence-electron chi connectivity index (χ2n) is 7.48. The first-order chi connectivity index (χ1) is 16.7. The molecule has 1 N–H and O–H groups in total. The lowest BCUT2D eigenvalue weighted by Crippen LogP contribution is -2.04. The number of halogens is 3. The molecule has 0 aliphatic carbocycles. The van der Waals surface area contributed by atoms with E-state index in [0.29, 0.717) is 48.1 Å². The number of aromatic hydroxyl groups is 1. The highest BCUT2D eigenvalue weighted by atomic mass is 35.5. The van der Waals surface area contributed by atoms with E-state index in [-0.39, 0.29) is 35.4 Å². The van der Waals surface area contributed by atoms with Crippen LogP contribution in [0.2, 0.25) is 15.2 Å². The molecule has 0 radical (unpaired) electrons. The lowest BCUT2D eigenvalue weighted by molar-refractivity contribution is 0.0982. The van der Waals surface area contributed by atoms with E-state index in [1.54, 1.807) is 48.7 Å². The van der Waals surface area contributed by atoms with E-state index >= 15 is 0 Å². The van der Waals surface area contributed by atoms with E-state index in [4.69, 9.17) is 39.3 Å². The standard InChI is InChI=1S/C24H17Cl3N2O4S2/c1-12(15-11-34-24(23(15)32)13-2-4-16(25)17(26)8-13)28-10-19(31)21-7-6-20(35-21)18(30)5-3-14-9-22(27)29-33-14/h2,4,6-9,11,32H,3,5,10H2,1H3. The molecule has 3 aromatic heterocycles. The SMILES string of the molecule is CC(=NCC(=O)c1ccc(C(=O)CCc2cc(Cl)no2)s1)c1csc(-c2ccc(Cl)c(Cl)c2)c1O. The third kappa shape index (κ3) is 6.02. The van der Waals surface area contributed by atoms with Crippen molar-refractivity contribution in [2.75, 3.05) is 6.54 Å². The molecule has 35 heavy (non-hydrogen) atoms. The Morgan fingerprint density at radius 1 is 1.06 bits per heavy atom. The van der Waals surface area contributed by atoms with Crippen LogP contribution in [0.3, 0.4) is 0 Å². The summed E-state index contributed by atoms with van der Waals surface area (Å²) in [6, 6.07) is 9.96. The summed E-state index contributed by atoms with van der Waals surface area (Å²) in [5, 5.41) is 17.1. The number of nitrogens with zero attached hydrogens (tertiary/aromatic N) is 2. The highest BCUT2D eigenvalue weighted by Gasteiger charge is 2.17. The van der Waals surface area contributed by atoms with Gasteiger partial charge >= 0.3 is 0 Å². The van der Waals surface area contributed by atoms with Crippen molar-refractivity contribution in [1.82, 2.24) is 5.16 Å². The van der Waals surface area contributed by atoms with Crippen LogP contribution in [0.25, 0.3) is 10.4 Å². The summed E-state index contributed by atoms with van der Waals surface area (Å²) >= 11 is 20.3. The fourth-order valence-electron chi connectivity index (χ4n) is 3.21. The largest absolute Gasteiger partial charge is 0.506 e. The predicted octanol–water partition coefficient (Wildman–Crippen LogP) is 7.64. The molecule has 180 valence electrons. The van der Waals surface area contributed by atoms with Gasteiger partial charge in [-0.25, -0.2) is 0 Å². The molecule has 0 aliphatic rings. The van der Waals surface area contributed by atoms with Gasteiger partial charge in [0.05, 0.1) is 24.7 Å². The van der Waals surface area contributed by atoms with Crippen molar-refractivity contribution >= 4 is 74.8 Å². The number of thiophene rings is 2. The van der Waals surface area contributed by atoms with Gasteiger partial charge in [-0.3, -0.25) is 14.6 Å². The minimum absolute atomic E-state index is 0.0686. The molecular formula is C24H17Cl3N2O4S2. The number of hydrogen-bond acceptors (Lipinski definition) is 8. The summed E-state index contributed by atoms with van der Waals surface area (Å²) in [5.41, 5.74) is 1.80. The summed E-state index contributed by atoms with van der Waals surface area (Å²) in [6.07, 6.45) is 0.590. The minimum Gasteiger partial charge on any atom is -0.506 e. The first kappa shape index (κ1) is 25.6. The molecule has 6 nitrogen and oxygen atoms in total. The number of rotatable bonds is 9. The number of benzene rings is 1. The molecule has 3 heterocycles. The molecule has 0 bridgehead atoms. The van der Waals surface area contributed by atoms with Crippen LogP contribution in [0.1, 0.15) is 44.0 Å². The van der Waals surface area contributed by atoms with Crippen LogP contribution >= 0.6 is 57.5 Å². The van der Waals surface area contributed by atoms with E-state index in [1.165, 1.54) is 11.3 Å². The van der Waals surface area contributed by atoms with Crippen molar-refractivity contribution in [1.29, 1.82) is 0 Å². The van der Waals surface area contributed by atoms with Gasteiger partial charge in [0.15, 0.2) is 16.7 Å². The van der Waals surface area contributed by atoms with Crippen LogP contribution in [0.4, 0.5) is 0 Å². The molecule has 0 fully saturated rings. The highest BCUT2D eigenvalue weighted by Crippen LogP contribution is 2.40. The molecule has 0 saturated heterocycles. The molecular weight excluding hydrogens is 551 g/mol. The zero-order chi connectivity index (χ0) is 25.1. The van der Waals surface area contributed by atoms with Crippen molar-refractivity contribution < 1.29 is 19.2 Å². The first-order valence-electron chi connectivity index (χ1n) is 10.3. The quantitative estimate of drug-likeness (QED) is 0.166. The zero-order valence-corrected chi connectivity index (χ0v) is 22.1. The predicted molar refractivity (Wildman–Crippen MR) is 141 cm³/mol. The van der Waals surface area contributed by atoms with Crippen LogP contribution < -0.4 is 0 Å². The molecule has 0 aliphatic heterocycles. The van der Waals surface area contributed by atoms with Gasteiger partial charge in [0, 0.05) is 35.6 Å². The molecule has 0 spiro atoms. The summed E-state index contributed by atoms with van der Waals surface area (Å²) in [5.74, 6) is 0.285. The second-order valence-corrected chi connectivity index (χ2v) is 10.6. The van der Waals surface area contributed by atoms with Gasteiger partial charge in [0.25, 0.3) is 0 Å². The molecule has 0 saturated carbocycles. The third-order valence-corrected chi connectivity index (χ3v) is 8.18. The topological polar surface area (TPSA) is 92.8 Å². The fourth-order valence-corrected chi connectivity index (χ4v) is 5.57. The maximum absolute atomic E-state index is 12.6. The van der Waals surface area contributed by atoms with Gasteiger partial charge < -0.3 is 9.63 Å². The zero-order valence-electron chi connectivity index (χ0n) is 18.2. The lowest BCUT2D eigenvalue weighted by atomic mass is 10.1. The number of carbonyl (C=O) groups is 2. The average molecular weight is 568 g/mol. The van der Waals surface area contributed by atoms with Gasteiger partial charge in [-0.05, 0) is 36.8 Å². The molecule has 4 rings (SSSR count). The van der Waals surface area contributed by atoms with Crippen molar-refractivity contribution in [3.8, 4) is 16.2 Å². The molecule has 1 aromatic carbocycles. The maximum Gasteiger partial charge on any atom is 0.194 e. The van der Waals surface area contributed by atoms with Gasteiger partial charge in [-0.2, -0.15) is 0 Å². The number of Topliss-reactive ketones (excluding diaryl/α,β-unsaturated/α-hetero) is 2. The van der Waals surface area contributed by atoms with E-state index in [9.17, 15) is 14.7 Å². The Kier molecular flexibility index (Phi) is 8.09. The van der Waals surface area contributed by atoms with Crippen molar-refractivity contribution in [2.24, 2.45) is 4.99 Å². The number of aryl methyl sites for hydroxylation is 1. The summed E-state index contributed by atoms with van der Waals surface area (Å²) in [7, 11) is 0. The number of ketones is 2. The van der Waals surface area contributed by atoms with E-state index < -0.39 is 0 Å². The Balaban J connectivity index is 1.40. The Hall–Kier alpha value is -2.49. The van der Waals surface area contributed by atoms with Crippen LogP contribution in [-0.2, 0) is 6.42 Å². The molecule has 0 amide bonds. The lowest BCUT2D eigenvalue weighted by Gasteiger charge is -2.03. The van der Waals surface area contributed by atoms with Crippen molar-refractivity contribution in [3.05, 3.63) is 78.1 Å². The fraction of sp³-hybridized carbons (Fsp3) is 0.167. The Morgan fingerprint density at radius 3 is 2.49 bits per heavy atom. The Bertz CT molecular complexity index is 1440. The first-order valence-corrected chi connectivity index (χ1v) is 13.1. The average Bonchev–Trinajstić information content (AvgIpc) is 3.57. The van der Waals surface area contributed by atoms with Gasteiger partial charge in [0.2, 0.25) is 0 Å². The van der Waals surface area contributed by atoms with Crippen LogP contribution in [0.5, 0.6) is 5.75 Å². The van der Waals surface area contributed by atoms with Gasteiger partial charge in [0.1, 0.15) is 18.1 Å². The number of carbonyl (C=O) groups excluding carboxylic acids is 2. The Labute approximate surface area is 223 Å². The number of aromatic nitrogens is 1. The number of hydrogen-bond donors (Lipinski definition) is 1. The minimum atomic E-state index is -0.213. The van der Waals surface area contributed by atoms with Crippen LogP contribution in [0, 0.1) is 0 Å². The maximum atomic E-state index is 12.6. The summed E-state index contributed by atoms with van der Waals surface area (Å²) in [6.45, 7) is 1.63. The van der Waals surface area contributed by atoms with Crippen molar-refractivity contribution in [2.45, 2.75) is 19.8 Å².